The van der Waals surface area contributed by atoms with Crippen molar-refractivity contribution in [3.05, 3.63) is 18.0 Å². The van der Waals surface area contributed by atoms with Crippen LogP contribution in [0.1, 0.15) is 50.5 Å². The minimum Gasteiger partial charge on any atom is -0.385 e. The lowest BCUT2D eigenvalue weighted by atomic mass is 9.97. The highest BCUT2D eigenvalue weighted by molar-refractivity contribution is 5.76. The van der Waals surface area contributed by atoms with Gasteiger partial charge in [0.05, 0.1) is 6.20 Å². The molecule has 0 saturated carbocycles. The topological polar surface area (TPSA) is 58.2 Å². The normalized spacial score (nSPS) is 18.9. The van der Waals surface area contributed by atoms with Crippen LogP contribution >= 0.6 is 0 Å². The highest BCUT2D eigenvalue weighted by Crippen LogP contribution is 2.22. The molecule has 0 unspecified atom stereocenters. The first-order chi connectivity index (χ1) is 10.3. The number of aromatic nitrogens is 2. The molecular formula is C16H27N3O2. The number of likely N-dealkylation sites (tertiary alicyclic amines) is 1. The van der Waals surface area contributed by atoms with Gasteiger partial charge in [-0.3, -0.25) is 9.89 Å². The number of nitrogens with zero attached hydrogens (tertiary/aromatic N) is 2. The summed E-state index contributed by atoms with van der Waals surface area (Å²) in [6, 6.07) is 0.426. The molecule has 1 N–H and O–H groups in total. The SMILES string of the molecule is COCCC[C@@H]1CCCCN1C(=O)CCCc1cn[nH]c1. The van der Waals surface area contributed by atoms with Crippen LogP contribution in [0.5, 0.6) is 0 Å². The van der Waals surface area contributed by atoms with Crippen molar-refractivity contribution in [1.29, 1.82) is 0 Å². The van der Waals surface area contributed by atoms with E-state index in [2.05, 4.69) is 15.1 Å². The van der Waals surface area contributed by atoms with Crippen molar-refractivity contribution in [2.75, 3.05) is 20.3 Å². The molecule has 0 bridgehead atoms. The second-order valence-corrected chi connectivity index (χ2v) is 5.83. The van der Waals surface area contributed by atoms with Crippen LogP contribution in [0.15, 0.2) is 12.4 Å². The van der Waals surface area contributed by atoms with Crippen LogP contribution in [0.3, 0.4) is 0 Å². The number of carbonyl (C=O) groups excluding carboxylic acids is 1. The molecule has 1 saturated heterocycles. The van der Waals surface area contributed by atoms with E-state index in [0.29, 0.717) is 18.4 Å². The Hall–Kier alpha value is -1.36. The Morgan fingerprint density at radius 1 is 1.48 bits per heavy atom. The molecule has 5 nitrogen and oxygen atoms in total. The average Bonchev–Trinajstić information content (AvgIpc) is 3.01. The van der Waals surface area contributed by atoms with Crippen LogP contribution in [0, 0.1) is 0 Å². The van der Waals surface area contributed by atoms with Gasteiger partial charge in [0.1, 0.15) is 0 Å². The monoisotopic (exact) mass is 293 g/mol. The molecule has 0 spiro atoms. The highest BCUT2D eigenvalue weighted by atomic mass is 16.5. The Labute approximate surface area is 127 Å². The van der Waals surface area contributed by atoms with Gasteiger partial charge in [-0.15, -0.1) is 0 Å². The molecule has 0 aliphatic carbocycles. The lowest BCUT2D eigenvalue weighted by molar-refractivity contribution is -0.135. The summed E-state index contributed by atoms with van der Waals surface area (Å²) in [5.41, 5.74) is 1.18. The molecule has 2 heterocycles. The number of rotatable bonds is 8. The largest absolute Gasteiger partial charge is 0.385 e. The number of ether oxygens (including phenoxy) is 1. The molecule has 0 radical (unpaired) electrons. The number of carbonyl (C=O) groups is 1. The van der Waals surface area contributed by atoms with E-state index in [1.54, 1.807) is 7.11 Å². The fourth-order valence-electron chi connectivity index (χ4n) is 3.09. The van der Waals surface area contributed by atoms with Crippen molar-refractivity contribution in [2.45, 2.75) is 57.4 Å². The number of hydrogen-bond donors (Lipinski definition) is 1. The van der Waals surface area contributed by atoms with E-state index in [1.807, 2.05) is 12.4 Å². The first kappa shape index (κ1) is 16.0. The zero-order valence-corrected chi connectivity index (χ0v) is 13.0. The number of amides is 1. The highest BCUT2D eigenvalue weighted by Gasteiger charge is 2.25. The maximum Gasteiger partial charge on any atom is 0.222 e. The molecule has 21 heavy (non-hydrogen) atoms. The Morgan fingerprint density at radius 3 is 3.14 bits per heavy atom. The van der Waals surface area contributed by atoms with Crippen LogP contribution in [0.4, 0.5) is 0 Å². The number of hydrogen-bond acceptors (Lipinski definition) is 3. The second-order valence-electron chi connectivity index (χ2n) is 5.83. The molecule has 1 aromatic heterocycles. The van der Waals surface area contributed by atoms with Gasteiger partial charge in [-0.2, -0.15) is 5.10 Å². The van der Waals surface area contributed by atoms with E-state index in [-0.39, 0.29) is 0 Å². The number of piperidine rings is 1. The molecule has 1 aliphatic heterocycles. The molecule has 1 amide bonds. The lowest BCUT2D eigenvalue weighted by Gasteiger charge is -2.36. The minimum atomic E-state index is 0.320. The van der Waals surface area contributed by atoms with E-state index in [4.69, 9.17) is 4.74 Å². The summed E-state index contributed by atoms with van der Waals surface area (Å²) in [5, 5.41) is 6.74. The summed E-state index contributed by atoms with van der Waals surface area (Å²) in [5.74, 6) is 0.320. The standard InChI is InChI=1S/C16H27N3O2/c1-21-11-5-8-15-7-2-3-10-19(15)16(20)9-4-6-14-12-17-18-13-14/h12-13,15H,2-11H2,1H3,(H,17,18)/t15-/m0/s1. The van der Waals surface area contributed by atoms with Gasteiger partial charge in [0.25, 0.3) is 0 Å². The molecule has 0 aromatic carbocycles. The van der Waals surface area contributed by atoms with Crippen molar-refractivity contribution in [3.8, 4) is 0 Å². The van der Waals surface area contributed by atoms with Gasteiger partial charge in [0.2, 0.25) is 5.91 Å². The third-order valence-electron chi connectivity index (χ3n) is 4.24. The molecule has 1 aromatic rings. The van der Waals surface area contributed by atoms with Crippen molar-refractivity contribution in [3.63, 3.8) is 0 Å². The minimum absolute atomic E-state index is 0.320. The first-order valence-electron chi connectivity index (χ1n) is 8.07. The zero-order valence-electron chi connectivity index (χ0n) is 13.0. The molecule has 5 heteroatoms. The van der Waals surface area contributed by atoms with Crippen LogP contribution < -0.4 is 0 Å². The fraction of sp³-hybridized carbons (Fsp3) is 0.750. The second kappa shape index (κ2) is 8.82. The molecular weight excluding hydrogens is 266 g/mol. The number of H-pyrrole nitrogens is 1. The Balaban J connectivity index is 1.74. The van der Waals surface area contributed by atoms with Gasteiger partial charge in [-0.05, 0) is 50.5 Å². The van der Waals surface area contributed by atoms with Crippen molar-refractivity contribution in [1.82, 2.24) is 15.1 Å². The van der Waals surface area contributed by atoms with Gasteiger partial charge >= 0.3 is 0 Å². The van der Waals surface area contributed by atoms with Gasteiger partial charge in [0.15, 0.2) is 0 Å². The predicted octanol–water partition coefficient (Wildman–Crippen LogP) is 2.54. The summed E-state index contributed by atoms with van der Waals surface area (Å²) >= 11 is 0. The average molecular weight is 293 g/mol. The Morgan fingerprint density at radius 2 is 2.38 bits per heavy atom. The van der Waals surface area contributed by atoms with E-state index in [9.17, 15) is 4.79 Å². The number of aromatic amines is 1. The van der Waals surface area contributed by atoms with Crippen LogP contribution in [-0.4, -0.2) is 47.3 Å². The van der Waals surface area contributed by atoms with Gasteiger partial charge in [0, 0.05) is 38.9 Å². The summed E-state index contributed by atoms with van der Waals surface area (Å²) in [7, 11) is 1.74. The maximum atomic E-state index is 12.4. The predicted molar refractivity (Wildman–Crippen MR) is 82.0 cm³/mol. The zero-order chi connectivity index (χ0) is 14.9. The smallest absolute Gasteiger partial charge is 0.222 e. The van der Waals surface area contributed by atoms with Crippen LogP contribution in [0.2, 0.25) is 0 Å². The first-order valence-corrected chi connectivity index (χ1v) is 8.07. The van der Waals surface area contributed by atoms with Crippen LogP contribution in [0.25, 0.3) is 0 Å². The fourth-order valence-corrected chi connectivity index (χ4v) is 3.09. The van der Waals surface area contributed by atoms with Gasteiger partial charge < -0.3 is 9.64 Å². The van der Waals surface area contributed by atoms with E-state index in [1.165, 1.54) is 12.0 Å². The van der Waals surface area contributed by atoms with Crippen molar-refractivity contribution < 1.29 is 9.53 Å². The van der Waals surface area contributed by atoms with Gasteiger partial charge in [-0.1, -0.05) is 0 Å². The summed E-state index contributed by atoms with van der Waals surface area (Å²) < 4.78 is 5.12. The molecule has 2 rings (SSSR count). The molecule has 1 aliphatic rings. The number of aryl methyl sites for hydroxylation is 1. The summed E-state index contributed by atoms with van der Waals surface area (Å²) in [6.45, 7) is 1.72. The summed E-state index contributed by atoms with van der Waals surface area (Å²) in [6.07, 6.45) is 11.9. The quantitative estimate of drug-likeness (QED) is 0.749. The number of nitrogens with one attached hydrogen (secondary N) is 1. The summed E-state index contributed by atoms with van der Waals surface area (Å²) in [4.78, 5) is 14.6. The Kier molecular flexibility index (Phi) is 6.73. The van der Waals surface area contributed by atoms with Crippen molar-refractivity contribution >= 4 is 5.91 Å². The number of methoxy groups -OCH3 is 1. The maximum absolute atomic E-state index is 12.4. The van der Waals surface area contributed by atoms with Crippen LogP contribution in [-0.2, 0) is 16.0 Å². The Bertz CT molecular complexity index is 406. The van der Waals surface area contributed by atoms with E-state index >= 15 is 0 Å². The van der Waals surface area contributed by atoms with Gasteiger partial charge in [-0.25, -0.2) is 0 Å². The third kappa shape index (κ3) is 5.16. The molecule has 1 fully saturated rings. The third-order valence-corrected chi connectivity index (χ3v) is 4.24. The lowest BCUT2D eigenvalue weighted by Crippen LogP contribution is -2.43. The molecule has 1 atom stereocenters. The van der Waals surface area contributed by atoms with E-state index in [0.717, 1.165) is 51.7 Å². The van der Waals surface area contributed by atoms with Crippen molar-refractivity contribution in [2.24, 2.45) is 0 Å². The van der Waals surface area contributed by atoms with E-state index < -0.39 is 0 Å². The molecule has 118 valence electrons.